The van der Waals surface area contributed by atoms with E-state index in [9.17, 15) is 0 Å². The zero-order valence-electron chi connectivity index (χ0n) is 11.9. The van der Waals surface area contributed by atoms with Crippen LogP contribution in [-0.2, 0) is 6.54 Å². The summed E-state index contributed by atoms with van der Waals surface area (Å²) in [4.78, 5) is 4.30. The van der Waals surface area contributed by atoms with Gasteiger partial charge in [-0.25, -0.2) is 4.98 Å². The third kappa shape index (κ3) is 2.55. The lowest BCUT2D eigenvalue weighted by molar-refractivity contribution is -0.0514. The Hall–Kier alpha value is -0.410. The third-order valence-corrected chi connectivity index (χ3v) is 6.25. The highest BCUT2D eigenvalue weighted by atomic mass is 79.9. The van der Waals surface area contributed by atoms with Crippen molar-refractivity contribution < 1.29 is 0 Å². The fourth-order valence-electron chi connectivity index (χ4n) is 5.49. The van der Waals surface area contributed by atoms with E-state index in [1.807, 2.05) is 12.3 Å². The van der Waals surface area contributed by atoms with Gasteiger partial charge in [-0.2, -0.15) is 0 Å². The second-order valence-corrected chi connectivity index (χ2v) is 8.32. The molecule has 0 radical (unpaired) electrons. The zero-order chi connectivity index (χ0) is 13.6. The molecule has 0 atom stereocenters. The Bertz CT molecular complexity index is 447. The van der Waals surface area contributed by atoms with Crippen molar-refractivity contribution in [2.75, 3.05) is 6.54 Å². The number of nitrogens with one attached hydrogen (secondary N) is 1. The normalized spacial score (nSPS) is 38.4. The molecule has 2 nitrogen and oxygen atoms in total. The van der Waals surface area contributed by atoms with E-state index in [4.69, 9.17) is 0 Å². The Labute approximate surface area is 129 Å². The number of hydrogen-bond donors (Lipinski definition) is 1. The van der Waals surface area contributed by atoms with E-state index >= 15 is 0 Å². The molecule has 0 spiro atoms. The summed E-state index contributed by atoms with van der Waals surface area (Å²) in [5.41, 5.74) is 1.93. The number of rotatable bonds is 4. The molecule has 4 fully saturated rings. The van der Waals surface area contributed by atoms with Crippen molar-refractivity contribution in [3.8, 4) is 0 Å². The maximum atomic E-state index is 4.30. The maximum Gasteiger partial charge on any atom is 0.106 e. The first-order valence-corrected chi connectivity index (χ1v) is 8.81. The van der Waals surface area contributed by atoms with Crippen LogP contribution in [0.25, 0.3) is 0 Å². The highest BCUT2D eigenvalue weighted by Gasteiger charge is 2.50. The summed E-state index contributed by atoms with van der Waals surface area (Å²) in [6, 6.07) is 4.19. The van der Waals surface area contributed by atoms with E-state index < -0.39 is 0 Å². The summed E-state index contributed by atoms with van der Waals surface area (Å²) in [7, 11) is 0. The second kappa shape index (κ2) is 5.10. The smallest absolute Gasteiger partial charge is 0.106 e. The molecule has 4 aliphatic rings. The number of hydrogen-bond acceptors (Lipinski definition) is 2. The average Bonchev–Trinajstić information content (AvgIpc) is 2.39. The topological polar surface area (TPSA) is 24.9 Å². The van der Waals surface area contributed by atoms with E-state index in [1.54, 1.807) is 0 Å². The van der Waals surface area contributed by atoms with Crippen LogP contribution >= 0.6 is 15.9 Å². The minimum absolute atomic E-state index is 0.636. The predicted octanol–water partition coefficient (Wildman–Crippen LogP) is 4.15. The van der Waals surface area contributed by atoms with Crippen LogP contribution in [0, 0.1) is 23.2 Å². The van der Waals surface area contributed by atoms with Gasteiger partial charge >= 0.3 is 0 Å². The Balaban J connectivity index is 1.36. The van der Waals surface area contributed by atoms with Gasteiger partial charge in [0.25, 0.3) is 0 Å². The third-order valence-electron chi connectivity index (χ3n) is 5.78. The van der Waals surface area contributed by atoms with Crippen molar-refractivity contribution in [2.24, 2.45) is 23.2 Å². The van der Waals surface area contributed by atoms with E-state index in [0.29, 0.717) is 5.41 Å². The lowest BCUT2D eigenvalue weighted by atomic mass is 9.49. The van der Waals surface area contributed by atoms with Crippen LogP contribution in [0.1, 0.15) is 44.1 Å². The van der Waals surface area contributed by atoms with Crippen molar-refractivity contribution in [1.82, 2.24) is 10.3 Å². The first-order valence-electron chi connectivity index (χ1n) is 8.02. The molecule has 0 unspecified atom stereocenters. The molecule has 1 aromatic rings. The van der Waals surface area contributed by atoms with E-state index in [1.165, 1.54) is 50.6 Å². The van der Waals surface area contributed by atoms with Crippen LogP contribution < -0.4 is 5.32 Å². The van der Waals surface area contributed by atoms with Crippen molar-refractivity contribution in [1.29, 1.82) is 0 Å². The lowest BCUT2D eigenvalue weighted by Crippen LogP contribution is -2.50. The number of pyridine rings is 1. The van der Waals surface area contributed by atoms with Crippen LogP contribution in [0.3, 0.4) is 0 Å². The van der Waals surface area contributed by atoms with Gasteiger partial charge in [-0.1, -0.05) is 6.07 Å². The predicted molar refractivity (Wildman–Crippen MR) is 84.2 cm³/mol. The van der Waals surface area contributed by atoms with Gasteiger partial charge in [0.2, 0.25) is 0 Å². The Morgan fingerprint density at radius 2 is 1.75 bits per heavy atom. The van der Waals surface area contributed by atoms with Crippen LogP contribution in [0.5, 0.6) is 0 Å². The molecule has 4 saturated carbocycles. The quantitative estimate of drug-likeness (QED) is 0.836. The Morgan fingerprint density at radius 3 is 2.30 bits per heavy atom. The molecular formula is C17H23BrN2. The highest BCUT2D eigenvalue weighted by molar-refractivity contribution is 9.10. The van der Waals surface area contributed by atoms with Gasteiger partial charge in [-0.15, -0.1) is 0 Å². The number of aromatic nitrogens is 1. The summed E-state index contributed by atoms with van der Waals surface area (Å²) in [5.74, 6) is 3.16. The van der Waals surface area contributed by atoms with Crippen molar-refractivity contribution in [3.05, 3.63) is 28.5 Å². The maximum absolute atomic E-state index is 4.30. The average molecular weight is 335 g/mol. The molecule has 4 bridgehead atoms. The van der Waals surface area contributed by atoms with Gasteiger partial charge in [0.15, 0.2) is 0 Å². The molecule has 4 aliphatic carbocycles. The fraction of sp³-hybridized carbons (Fsp3) is 0.706. The fourth-order valence-corrected chi connectivity index (χ4v) is 5.72. The molecule has 3 heteroatoms. The SMILES string of the molecule is Brc1ccc(CNCC23CC4CC(CC(C4)C2)C3)cn1. The molecular weight excluding hydrogens is 312 g/mol. The monoisotopic (exact) mass is 334 g/mol. The number of halogens is 1. The van der Waals surface area contributed by atoms with Crippen LogP contribution in [0.15, 0.2) is 22.9 Å². The molecule has 0 amide bonds. The largest absolute Gasteiger partial charge is 0.312 e. The number of nitrogens with zero attached hydrogens (tertiary/aromatic N) is 1. The van der Waals surface area contributed by atoms with Crippen molar-refractivity contribution >= 4 is 15.9 Å². The highest BCUT2D eigenvalue weighted by Crippen LogP contribution is 2.59. The van der Waals surface area contributed by atoms with Gasteiger partial charge in [0, 0.05) is 19.3 Å². The first-order chi connectivity index (χ1) is 9.71. The zero-order valence-corrected chi connectivity index (χ0v) is 13.5. The van der Waals surface area contributed by atoms with E-state index in [-0.39, 0.29) is 0 Å². The molecule has 1 N–H and O–H groups in total. The summed E-state index contributed by atoms with van der Waals surface area (Å²) in [5, 5.41) is 3.72. The van der Waals surface area contributed by atoms with Gasteiger partial charge in [-0.3, -0.25) is 0 Å². The minimum Gasteiger partial charge on any atom is -0.312 e. The molecule has 0 aromatic carbocycles. The van der Waals surface area contributed by atoms with Gasteiger partial charge < -0.3 is 5.32 Å². The Kier molecular flexibility index (Phi) is 3.38. The van der Waals surface area contributed by atoms with E-state index in [0.717, 1.165) is 28.9 Å². The molecule has 5 rings (SSSR count). The summed E-state index contributed by atoms with van der Waals surface area (Å²) in [6.07, 6.45) is 11.1. The van der Waals surface area contributed by atoms with Crippen LogP contribution in [0.4, 0.5) is 0 Å². The second-order valence-electron chi connectivity index (χ2n) is 7.51. The molecule has 108 valence electrons. The van der Waals surface area contributed by atoms with E-state index in [2.05, 4.69) is 32.3 Å². The molecule has 0 saturated heterocycles. The Morgan fingerprint density at radius 1 is 1.10 bits per heavy atom. The molecule has 20 heavy (non-hydrogen) atoms. The van der Waals surface area contributed by atoms with Gasteiger partial charge in [0.05, 0.1) is 0 Å². The molecule has 1 aromatic heterocycles. The minimum atomic E-state index is 0.636. The van der Waals surface area contributed by atoms with Crippen molar-refractivity contribution in [2.45, 2.75) is 45.1 Å². The van der Waals surface area contributed by atoms with Gasteiger partial charge in [0.1, 0.15) is 4.60 Å². The van der Waals surface area contributed by atoms with Gasteiger partial charge in [-0.05, 0) is 89.3 Å². The summed E-state index contributed by atoms with van der Waals surface area (Å²) >= 11 is 3.39. The molecule has 1 heterocycles. The summed E-state index contributed by atoms with van der Waals surface area (Å²) in [6.45, 7) is 2.18. The first kappa shape index (κ1) is 13.3. The standard InChI is InChI=1S/C17H23BrN2/c18-16-2-1-12(10-20-16)9-19-11-17-6-13-3-14(7-17)5-15(4-13)8-17/h1-2,10,13-15,19H,3-9,11H2. The van der Waals surface area contributed by atoms with Crippen LogP contribution in [0.2, 0.25) is 0 Å². The lowest BCUT2D eigenvalue weighted by Gasteiger charge is -2.57. The van der Waals surface area contributed by atoms with Crippen molar-refractivity contribution in [3.63, 3.8) is 0 Å². The van der Waals surface area contributed by atoms with Crippen LogP contribution in [-0.4, -0.2) is 11.5 Å². The summed E-state index contributed by atoms with van der Waals surface area (Å²) < 4.78 is 0.919. The molecule has 0 aliphatic heterocycles.